The second kappa shape index (κ2) is 5.58. The number of hydrogen-bond donors (Lipinski definition) is 0. The molecule has 1 rings (SSSR count). The molecule has 0 bridgehead atoms. The first kappa shape index (κ1) is 13.4. The summed E-state index contributed by atoms with van der Waals surface area (Å²) in [6.45, 7) is 9.66. The van der Waals surface area contributed by atoms with Gasteiger partial charge in [-0.15, -0.1) is 11.6 Å². The topological polar surface area (TPSA) is 21.1 Å². The number of halogens is 1. The molecule has 0 aliphatic carbocycles. The van der Waals surface area contributed by atoms with E-state index in [1.54, 1.807) is 0 Å². The molecule has 0 spiro atoms. The maximum Gasteiger partial charge on any atom is 0.131 e. The zero-order chi connectivity index (χ0) is 12.3. The highest BCUT2D eigenvalue weighted by molar-refractivity contribution is 6.17. The van der Waals surface area contributed by atoms with E-state index in [0.717, 1.165) is 24.2 Å². The lowest BCUT2D eigenvalue weighted by atomic mass is 10.2. The van der Waals surface area contributed by atoms with E-state index >= 15 is 0 Å². The molecule has 0 saturated heterocycles. The van der Waals surface area contributed by atoms with E-state index in [1.807, 2.05) is 18.7 Å². The van der Waals surface area contributed by atoms with Gasteiger partial charge in [-0.3, -0.25) is 4.68 Å². The monoisotopic (exact) mass is 243 g/mol. The first-order valence-electron chi connectivity index (χ1n) is 5.88. The number of aromatic nitrogens is 2. The average molecular weight is 244 g/mol. The Bertz CT molecular complexity index is 344. The molecule has 0 N–H and O–H groups in total. The summed E-state index contributed by atoms with van der Waals surface area (Å²) in [5.74, 6) is 1.70. The molecule has 92 valence electrons. The molecule has 0 aliphatic rings. The Morgan fingerprint density at radius 2 is 2.06 bits per heavy atom. The van der Waals surface area contributed by atoms with E-state index in [9.17, 15) is 0 Å². The van der Waals surface area contributed by atoms with Crippen LogP contribution in [-0.4, -0.2) is 22.4 Å². The van der Waals surface area contributed by atoms with Crippen LogP contribution < -0.4 is 4.90 Å². The first-order chi connectivity index (χ1) is 7.52. The number of hydrogen-bond acceptors (Lipinski definition) is 2. The van der Waals surface area contributed by atoms with Crippen LogP contribution in [-0.2, 0) is 12.9 Å². The fourth-order valence-corrected chi connectivity index (χ4v) is 2.37. The fourth-order valence-electron chi connectivity index (χ4n) is 2.06. The van der Waals surface area contributed by atoms with Gasteiger partial charge in [0.1, 0.15) is 5.82 Å². The zero-order valence-electron chi connectivity index (χ0n) is 10.9. The molecule has 4 heteroatoms. The Hall–Kier alpha value is -0.700. The molecule has 3 nitrogen and oxygen atoms in total. The molecular weight excluding hydrogens is 222 g/mol. The number of aryl methyl sites for hydroxylation is 2. The highest BCUT2D eigenvalue weighted by Crippen LogP contribution is 2.26. The fraction of sp³-hybridized carbons (Fsp3) is 0.750. The van der Waals surface area contributed by atoms with Gasteiger partial charge in [-0.25, -0.2) is 0 Å². The van der Waals surface area contributed by atoms with Crippen LogP contribution in [0.2, 0.25) is 0 Å². The van der Waals surface area contributed by atoms with Crippen LogP contribution in [0.4, 0.5) is 5.82 Å². The summed E-state index contributed by atoms with van der Waals surface area (Å²) in [6.07, 6.45) is 1.13. The van der Waals surface area contributed by atoms with Crippen LogP contribution in [0.1, 0.15) is 38.4 Å². The largest absolute Gasteiger partial charge is 0.354 e. The predicted octanol–water partition coefficient (Wildman–Crippen LogP) is 3.09. The standard InChI is InChI=1S/C12H22ClN3/c1-6-7-16(9(2)3)12-11(8-13)10(4)14-15(12)5/h9H,6-8H2,1-5H3. The molecule has 0 unspecified atom stereocenters. The van der Waals surface area contributed by atoms with Crippen molar-refractivity contribution in [2.24, 2.45) is 7.05 Å². The lowest BCUT2D eigenvalue weighted by Crippen LogP contribution is -2.33. The second-order valence-corrected chi connectivity index (χ2v) is 4.70. The Morgan fingerprint density at radius 1 is 1.44 bits per heavy atom. The first-order valence-corrected chi connectivity index (χ1v) is 6.41. The molecule has 1 heterocycles. The van der Waals surface area contributed by atoms with E-state index in [2.05, 4.69) is 30.8 Å². The van der Waals surface area contributed by atoms with Crippen molar-refractivity contribution in [1.29, 1.82) is 0 Å². The Balaban J connectivity index is 3.16. The third kappa shape index (κ3) is 2.51. The minimum absolute atomic E-state index is 0.469. The molecule has 0 amide bonds. The van der Waals surface area contributed by atoms with E-state index in [4.69, 9.17) is 11.6 Å². The Morgan fingerprint density at radius 3 is 2.50 bits per heavy atom. The van der Waals surface area contributed by atoms with E-state index in [1.165, 1.54) is 5.82 Å². The molecule has 0 aromatic carbocycles. The Kier molecular flexibility index (Phi) is 4.66. The van der Waals surface area contributed by atoms with Crippen LogP contribution in [0, 0.1) is 6.92 Å². The summed E-state index contributed by atoms with van der Waals surface area (Å²) in [6, 6.07) is 0.469. The second-order valence-electron chi connectivity index (χ2n) is 4.43. The normalized spacial score (nSPS) is 11.2. The van der Waals surface area contributed by atoms with Gasteiger partial charge in [0, 0.05) is 25.2 Å². The molecule has 16 heavy (non-hydrogen) atoms. The van der Waals surface area contributed by atoms with Gasteiger partial charge < -0.3 is 4.90 Å². The predicted molar refractivity (Wildman–Crippen MR) is 70.3 cm³/mol. The maximum absolute atomic E-state index is 6.02. The lowest BCUT2D eigenvalue weighted by Gasteiger charge is -2.29. The average Bonchev–Trinajstić information content (AvgIpc) is 2.49. The molecule has 0 atom stereocenters. The maximum atomic E-state index is 6.02. The van der Waals surface area contributed by atoms with Gasteiger partial charge in [0.15, 0.2) is 0 Å². The van der Waals surface area contributed by atoms with E-state index < -0.39 is 0 Å². The molecular formula is C12H22ClN3. The van der Waals surface area contributed by atoms with Crippen LogP contribution in [0.15, 0.2) is 0 Å². The van der Waals surface area contributed by atoms with Gasteiger partial charge in [0.25, 0.3) is 0 Å². The number of nitrogens with zero attached hydrogens (tertiary/aromatic N) is 3. The van der Waals surface area contributed by atoms with Gasteiger partial charge in [-0.05, 0) is 27.2 Å². The van der Waals surface area contributed by atoms with Gasteiger partial charge >= 0.3 is 0 Å². The zero-order valence-corrected chi connectivity index (χ0v) is 11.7. The smallest absolute Gasteiger partial charge is 0.131 e. The minimum Gasteiger partial charge on any atom is -0.354 e. The summed E-state index contributed by atoms with van der Waals surface area (Å²) >= 11 is 6.02. The van der Waals surface area contributed by atoms with Gasteiger partial charge in [0.2, 0.25) is 0 Å². The van der Waals surface area contributed by atoms with Crippen molar-refractivity contribution < 1.29 is 0 Å². The highest BCUT2D eigenvalue weighted by Gasteiger charge is 2.20. The number of alkyl halides is 1. The quantitative estimate of drug-likeness (QED) is 0.741. The van der Waals surface area contributed by atoms with Crippen molar-refractivity contribution in [3.05, 3.63) is 11.3 Å². The summed E-state index contributed by atoms with van der Waals surface area (Å²) in [5, 5.41) is 4.46. The number of anilines is 1. The van der Waals surface area contributed by atoms with Crippen LogP contribution in [0.3, 0.4) is 0 Å². The van der Waals surface area contributed by atoms with Crippen molar-refractivity contribution in [1.82, 2.24) is 9.78 Å². The SMILES string of the molecule is CCCN(c1c(CCl)c(C)nn1C)C(C)C. The molecule has 1 aromatic rings. The van der Waals surface area contributed by atoms with Crippen molar-refractivity contribution in [3.8, 4) is 0 Å². The van der Waals surface area contributed by atoms with Crippen LogP contribution in [0.5, 0.6) is 0 Å². The van der Waals surface area contributed by atoms with Crippen molar-refractivity contribution >= 4 is 17.4 Å². The van der Waals surface area contributed by atoms with Crippen LogP contribution in [0.25, 0.3) is 0 Å². The summed E-state index contributed by atoms with van der Waals surface area (Å²) in [4.78, 5) is 2.37. The van der Waals surface area contributed by atoms with Crippen LogP contribution >= 0.6 is 11.6 Å². The Labute approximate surface area is 103 Å². The number of rotatable bonds is 5. The highest BCUT2D eigenvalue weighted by atomic mass is 35.5. The molecule has 0 saturated carbocycles. The van der Waals surface area contributed by atoms with E-state index in [0.29, 0.717) is 11.9 Å². The van der Waals surface area contributed by atoms with Gasteiger partial charge in [-0.1, -0.05) is 6.92 Å². The third-order valence-corrected chi connectivity index (χ3v) is 3.07. The van der Waals surface area contributed by atoms with Gasteiger partial charge in [0.05, 0.1) is 11.6 Å². The molecule has 0 radical (unpaired) electrons. The molecule has 1 aromatic heterocycles. The minimum atomic E-state index is 0.469. The molecule has 0 aliphatic heterocycles. The summed E-state index contributed by atoms with van der Waals surface area (Å²) in [5.41, 5.74) is 2.19. The summed E-state index contributed by atoms with van der Waals surface area (Å²) < 4.78 is 1.95. The van der Waals surface area contributed by atoms with E-state index in [-0.39, 0.29) is 0 Å². The molecule has 0 fully saturated rings. The van der Waals surface area contributed by atoms with Gasteiger partial charge in [-0.2, -0.15) is 5.10 Å². The van der Waals surface area contributed by atoms with Crippen molar-refractivity contribution in [3.63, 3.8) is 0 Å². The lowest BCUT2D eigenvalue weighted by molar-refractivity contribution is 0.627. The summed E-state index contributed by atoms with van der Waals surface area (Å²) in [7, 11) is 1.99. The van der Waals surface area contributed by atoms with Crippen molar-refractivity contribution in [2.45, 2.75) is 46.0 Å². The van der Waals surface area contributed by atoms with Crippen molar-refractivity contribution in [2.75, 3.05) is 11.4 Å². The third-order valence-electron chi connectivity index (χ3n) is 2.81.